The fourth-order valence-electron chi connectivity index (χ4n) is 1.60. The lowest BCUT2D eigenvalue weighted by atomic mass is 10.2. The number of unbranched alkanes of at least 4 members (excludes halogenated alkanes) is 1. The number of hydrogen-bond donors (Lipinski definition) is 2. The van der Waals surface area contributed by atoms with Crippen LogP contribution in [0, 0.1) is 0 Å². The van der Waals surface area contributed by atoms with Crippen molar-refractivity contribution in [2.45, 2.75) is 25.5 Å². The molecule has 0 heterocycles. The van der Waals surface area contributed by atoms with E-state index in [9.17, 15) is 9.59 Å². The van der Waals surface area contributed by atoms with Crippen molar-refractivity contribution < 1.29 is 19.4 Å². The molecule has 1 amide bonds. The first-order chi connectivity index (χ1) is 10.1. The molecule has 0 aliphatic heterocycles. The van der Waals surface area contributed by atoms with Gasteiger partial charge >= 0.3 is 5.97 Å². The number of rotatable bonds is 10. The van der Waals surface area contributed by atoms with Gasteiger partial charge in [0.15, 0.2) is 0 Å². The Labute approximate surface area is 129 Å². The van der Waals surface area contributed by atoms with Gasteiger partial charge in [0, 0.05) is 18.0 Å². The SMILES string of the molecule is CCCCOCC(=O)Nc1cccc(CSCC(=O)O)c1. The van der Waals surface area contributed by atoms with Crippen LogP contribution in [-0.2, 0) is 20.1 Å². The molecule has 1 aromatic rings. The van der Waals surface area contributed by atoms with Gasteiger partial charge in [0.1, 0.15) is 6.61 Å². The van der Waals surface area contributed by atoms with Crippen molar-refractivity contribution in [1.82, 2.24) is 0 Å². The van der Waals surface area contributed by atoms with E-state index >= 15 is 0 Å². The van der Waals surface area contributed by atoms with Gasteiger partial charge in [-0.3, -0.25) is 9.59 Å². The lowest BCUT2D eigenvalue weighted by molar-refractivity contribution is -0.133. The molecular formula is C15H21NO4S. The van der Waals surface area contributed by atoms with Gasteiger partial charge in [-0.25, -0.2) is 0 Å². The molecule has 0 fully saturated rings. The summed E-state index contributed by atoms with van der Waals surface area (Å²) < 4.78 is 5.25. The number of ether oxygens (including phenoxy) is 1. The Hall–Kier alpha value is -1.53. The van der Waals surface area contributed by atoms with Gasteiger partial charge in [-0.05, 0) is 24.1 Å². The molecule has 0 saturated heterocycles. The minimum absolute atomic E-state index is 0.0536. The Bertz CT molecular complexity index is 465. The number of aliphatic carboxylic acids is 1. The average Bonchev–Trinajstić information content (AvgIpc) is 2.44. The highest BCUT2D eigenvalue weighted by atomic mass is 32.2. The van der Waals surface area contributed by atoms with Crippen molar-refractivity contribution in [2.75, 3.05) is 24.3 Å². The number of thioether (sulfide) groups is 1. The second kappa shape index (κ2) is 10.2. The standard InChI is InChI=1S/C15H21NO4S/c1-2-3-7-20-9-14(17)16-13-6-4-5-12(8-13)10-21-11-15(18)19/h4-6,8H,2-3,7,9-11H2,1H3,(H,16,17)(H,18,19). The molecule has 1 aromatic carbocycles. The van der Waals surface area contributed by atoms with Gasteiger partial charge in [0.05, 0.1) is 5.75 Å². The maximum absolute atomic E-state index is 11.7. The molecule has 0 atom stereocenters. The molecule has 1 rings (SSSR count). The lowest BCUT2D eigenvalue weighted by Gasteiger charge is -2.08. The minimum atomic E-state index is -0.825. The van der Waals surface area contributed by atoms with Crippen molar-refractivity contribution in [3.05, 3.63) is 29.8 Å². The van der Waals surface area contributed by atoms with Crippen molar-refractivity contribution >= 4 is 29.3 Å². The molecule has 21 heavy (non-hydrogen) atoms. The van der Waals surface area contributed by atoms with E-state index in [0.717, 1.165) is 18.4 Å². The summed E-state index contributed by atoms with van der Waals surface area (Å²) in [5.74, 6) is -0.333. The van der Waals surface area contributed by atoms with Crippen LogP contribution in [0.25, 0.3) is 0 Å². The molecule has 0 aliphatic carbocycles. The van der Waals surface area contributed by atoms with E-state index in [2.05, 4.69) is 12.2 Å². The Morgan fingerprint density at radius 1 is 1.38 bits per heavy atom. The smallest absolute Gasteiger partial charge is 0.313 e. The number of nitrogens with one attached hydrogen (secondary N) is 1. The zero-order chi connectivity index (χ0) is 15.5. The summed E-state index contributed by atoms with van der Waals surface area (Å²) in [7, 11) is 0. The molecule has 0 unspecified atom stereocenters. The van der Waals surface area contributed by atoms with Crippen molar-refractivity contribution in [1.29, 1.82) is 0 Å². The van der Waals surface area contributed by atoms with E-state index in [0.29, 0.717) is 18.0 Å². The monoisotopic (exact) mass is 311 g/mol. The predicted molar refractivity (Wildman–Crippen MR) is 84.6 cm³/mol. The van der Waals surface area contributed by atoms with Crippen LogP contribution in [0.1, 0.15) is 25.3 Å². The van der Waals surface area contributed by atoms with Gasteiger partial charge in [0.25, 0.3) is 0 Å². The van der Waals surface area contributed by atoms with Gasteiger partial charge in [-0.1, -0.05) is 25.5 Å². The molecule has 2 N–H and O–H groups in total. The Morgan fingerprint density at radius 2 is 2.19 bits per heavy atom. The number of carboxylic acid groups (broad SMARTS) is 1. The number of carbonyl (C=O) groups is 2. The van der Waals surface area contributed by atoms with Crippen LogP contribution in [0.2, 0.25) is 0 Å². The molecule has 116 valence electrons. The second-order valence-electron chi connectivity index (χ2n) is 4.54. The fourth-order valence-corrected chi connectivity index (χ4v) is 2.30. The van der Waals surface area contributed by atoms with Crippen LogP contribution in [-0.4, -0.2) is 35.9 Å². The third-order valence-corrected chi connectivity index (χ3v) is 3.57. The summed E-state index contributed by atoms with van der Waals surface area (Å²) in [5.41, 5.74) is 1.68. The average molecular weight is 311 g/mol. The van der Waals surface area contributed by atoms with Gasteiger partial charge in [-0.15, -0.1) is 11.8 Å². The number of carbonyl (C=O) groups excluding carboxylic acids is 1. The van der Waals surface area contributed by atoms with Crippen LogP contribution in [0.4, 0.5) is 5.69 Å². The topological polar surface area (TPSA) is 75.6 Å². The minimum Gasteiger partial charge on any atom is -0.481 e. The number of carboxylic acids is 1. The summed E-state index contributed by atoms with van der Waals surface area (Å²) in [4.78, 5) is 22.1. The Balaban J connectivity index is 2.37. The van der Waals surface area contributed by atoms with Crippen molar-refractivity contribution in [3.63, 3.8) is 0 Å². The normalized spacial score (nSPS) is 10.3. The molecular weight excluding hydrogens is 290 g/mol. The van der Waals surface area contributed by atoms with Crippen LogP contribution in [0.5, 0.6) is 0 Å². The van der Waals surface area contributed by atoms with Gasteiger partial charge < -0.3 is 15.2 Å². The summed E-state index contributed by atoms with van der Waals surface area (Å²) in [6, 6.07) is 7.39. The zero-order valence-corrected chi connectivity index (χ0v) is 12.9. The van der Waals surface area contributed by atoms with Crippen LogP contribution in [0.3, 0.4) is 0 Å². The second-order valence-corrected chi connectivity index (χ2v) is 5.53. The zero-order valence-electron chi connectivity index (χ0n) is 12.1. The van der Waals surface area contributed by atoms with E-state index < -0.39 is 5.97 Å². The van der Waals surface area contributed by atoms with Crippen molar-refractivity contribution in [3.8, 4) is 0 Å². The third kappa shape index (κ3) is 8.37. The number of hydrogen-bond acceptors (Lipinski definition) is 4. The number of anilines is 1. The quantitative estimate of drug-likeness (QED) is 0.650. The Morgan fingerprint density at radius 3 is 2.90 bits per heavy atom. The Kier molecular flexibility index (Phi) is 8.54. The van der Waals surface area contributed by atoms with Crippen molar-refractivity contribution in [2.24, 2.45) is 0 Å². The molecule has 0 bridgehead atoms. The summed E-state index contributed by atoms with van der Waals surface area (Å²) in [6.07, 6.45) is 1.99. The van der Waals surface area contributed by atoms with Crippen LogP contribution in [0.15, 0.2) is 24.3 Å². The van der Waals surface area contributed by atoms with Gasteiger partial charge in [0.2, 0.25) is 5.91 Å². The highest BCUT2D eigenvalue weighted by Crippen LogP contribution is 2.16. The molecule has 0 aromatic heterocycles. The molecule has 6 heteroatoms. The lowest BCUT2D eigenvalue weighted by Crippen LogP contribution is -2.18. The van der Waals surface area contributed by atoms with E-state index in [4.69, 9.17) is 9.84 Å². The predicted octanol–water partition coefficient (Wildman–Crippen LogP) is 2.76. The van der Waals surface area contributed by atoms with E-state index in [1.165, 1.54) is 11.8 Å². The first-order valence-corrected chi connectivity index (χ1v) is 8.03. The number of benzene rings is 1. The van der Waals surface area contributed by atoms with E-state index in [1.54, 1.807) is 6.07 Å². The summed E-state index contributed by atoms with van der Waals surface area (Å²) in [6.45, 7) is 2.71. The summed E-state index contributed by atoms with van der Waals surface area (Å²) >= 11 is 1.32. The maximum atomic E-state index is 11.7. The maximum Gasteiger partial charge on any atom is 0.313 e. The number of amides is 1. The first-order valence-electron chi connectivity index (χ1n) is 6.88. The van der Waals surface area contributed by atoms with E-state index in [1.807, 2.05) is 18.2 Å². The van der Waals surface area contributed by atoms with E-state index in [-0.39, 0.29) is 18.3 Å². The fraction of sp³-hybridized carbons (Fsp3) is 0.467. The highest BCUT2D eigenvalue weighted by Gasteiger charge is 2.04. The highest BCUT2D eigenvalue weighted by molar-refractivity contribution is 7.99. The first kappa shape index (κ1) is 17.5. The molecule has 5 nitrogen and oxygen atoms in total. The van der Waals surface area contributed by atoms with Crippen LogP contribution >= 0.6 is 11.8 Å². The molecule has 0 saturated carbocycles. The largest absolute Gasteiger partial charge is 0.481 e. The van der Waals surface area contributed by atoms with Crippen LogP contribution < -0.4 is 5.32 Å². The molecule has 0 spiro atoms. The van der Waals surface area contributed by atoms with Gasteiger partial charge in [-0.2, -0.15) is 0 Å². The summed E-state index contributed by atoms with van der Waals surface area (Å²) in [5, 5.41) is 11.4. The molecule has 0 radical (unpaired) electrons. The third-order valence-electron chi connectivity index (χ3n) is 2.58. The molecule has 0 aliphatic rings.